The Bertz CT molecular complexity index is 287. The van der Waals surface area contributed by atoms with Crippen molar-refractivity contribution in [3.05, 3.63) is 24.5 Å². The molecule has 0 saturated heterocycles. The summed E-state index contributed by atoms with van der Waals surface area (Å²) < 4.78 is 4.33. The van der Waals surface area contributed by atoms with Crippen LogP contribution in [0.3, 0.4) is 0 Å². The van der Waals surface area contributed by atoms with Crippen LogP contribution in [0.1, 0.15) is 6.92 Å². The minimum atomic E-state index is -1.27. The summed E-state index contributed by atoms with van der Waals surface area (Å²) >= 11 is 0. The molecule has 13 heavy (non-hydrogen) atoms. The van der Waals surface area contributed by atoms with Gasteiger partial charge >= 0.3 is 11.9 Å². The van der Waals surface area contributed by atoms with E-state index in [1.165, 1.54) is 6.92 Å². The van der Waals surface area contributed by atoms with E-state index in [4.69, 9.17) is 5.11 Å². The fourth-order valence-corrected chi connectivity index (χ4v) is 0.367. The molecule has 0 aliphatic heterocycles. The van der Waals surface area contributed by atoms with Gasteiger partial charge in [-0.05, 0) is 0 Å². The van der Waals surface area contributed by atoms with Crippen molar-refractivity contribution >= 4 is 17.7 Å². The number of hydrogen-bond donors (Lipinski definition) is 1. The molecule has 0 heterocycles. The van der Waals surface area contributed by atoms with Gasteiger partial charge in [0.15, 0.2) is 11.5 Å². The highest BCUT2D eigenvalue weighted by atomic mass is 16.5. The molecule has 1 N–H and O–H groups in total. The number of carboxylic acids is 1. The van der Waals surface area contributed by atoms with Crippen molar-refractivity contribution in [1.29, 1.82) is 0 Å². The average Bonchev–Trinajstić information content (AvgIpc) is 2.00. The summed E-state index contributed by atoms with van der Waals surface area (Å²) in [6, 6.07) is 0. The predicted molar refractivity (Wildman–Crippen MR) is 42.7 cm³/mol. The molecule has 0 unspecified atom stereocenters. The number of hydrogen-bond acceptors (Lipinski definition) is 4. The van der Waals surface area contributed by atoms with E-state index in [0.717, 1.165) is 0 Å². The van der Waals surface area contributed by atoms with E-state index in [-0.39, 0.29) is 5.76 Å². The van der Waals surface area contributed by atoms with Crippen LogP contribution >= 0.6 is 0 Å². The number of Topliss-reactive ketones (excluding diaryl/α,β-unsaturated/α-hetero) is 1. The third-order valence-electron chi connectivity index (χ3n) is 0.978. The van der Waals surface area contributed by atoms with Crippen LogP contribution in [-0.4, -0.2) is 22.8 Å². The highest BCUT2D eigenvalue weighted by Gasteiger charge is 2.05. The fraction of sp³-hybridized carbons (Fsp3) is 0.125. The Hall–Kier alpha value is -1.91. The average molecular weight is 184 g/mol. The highest BCUT2D eigenvalue weighted by Crippen LogP contribution is 1.96. The van der Waals surface area contributed by atoms with Crippen molar-refractivity contribution < 1.29 is 24.2 Å². The molecule has 0 amide bonds. The largest absolute Gasteiger partial charge is 0.478 e. The number of carbonyl (C=O) groups excluding carboxylic acids is 2. The van der Waals surface area contributed by atoms with Crippen molar-refractivity contribution in [2.24, 2.45) is 0 Å². The van der Waals surface area contributed by atoms with E-state index in [1.807, 2.05) is 0 Å². The molecule has 0 aromatic carbocycles. The van der Waals surface area contributed by atoms with Gasteiger partial charge in [0, 0.05) is 19.1 Å². The molecule has 0 rings (SSSR count). The second-order valence-electron chi connectivity index (χ2n) is 2.07. The minimum absolute atomic E-state index is 0.319. The first-order chi connectivity index (χ1) is 5.93. The SMILES string of the molecule is C=C(OC(=O)/C=C\C(=O)O)C(C)=O. The Labute approximate surface area is 74.3 Å². The Morgan fingerprint density at radius 1 is 1.31 bits per heavy atom. The summed E-state index contributed by atoms with van der Waals surface area (Å²) in [5.41, 5.74) is 0. The van der Waals surface area contributed by atoms with Gasteiger partial charge in [-0.3, -0.25) is 4.79 Å². The molecule has 0 spiro atoms. The molecule has 0 saturated carbocycles. The molecule has 0 bridgehead atoms. The lowest BCUT2D eigenvalue weighted by molar-refractivity contribution is -0.137. The van der Waals surface area contributed by atoms with Crippen LogP contribution < -0.4 is 0 Å². The van der Waals surface area contributed by atoms with Gasteiger partial charge in [0.25, 0.3) is 0 Å². The predicted octanol–water partition coefficient (Wildman–Crippen LogP) is 0.273. The smallest absolute Gasteiger partial charge is 0.336 e. The first-order valence-electron chi connectivity index (χ1n) is 3.26. The van der Waals surface area contributed by atoms with E-state index in [0.29, 0.717) is 12.2 Å². The van der Waals surface area contributed by atoms with Crippen LogP contribution in [0.4, 0.5) is 0 Å². The molecule has 0 aromatic rings. The van der Waals surface area contributed by atoms with Crippen molar-refractivity contribution in [3.63, 3.8) is 0 Å². The molecule has 5 nitrogen and oxygen atoms in total. The first kappa shape index (κ1) is 11.1. The summed E-state index contributed by atoms with van der Waals surface area (Å²) in [5, 5.41) is 8.12. The third kappa shape index (κ3) is 5.37. The van der Waals surface area contributed by atoms with E-state index in [2.05, 4.69) is 11.3 Å². The molecule has 0 fully saturated rings. The number of aliphatic carboxylic acids is 1. The summed E-state index contributed by atoms with van der Waals surface area (Å²) in [5.74, 6) is -3.02. The number of esters is 1. The molecule has 0 aliphatic carbocycles. The molecule has 5 heteroatoms. The van der Waals surface area contributed by atoms with Gasteiger partial charge in [0.1, 0.15) is 0 Å². The highest BCUT2D eigenvalue weighted by molar-refractivity contribution is 5.96. The number of rotatable bonds is 4. The van der Waals surface area contributed by atoms with E-state index < -0.39 is 17.7 Å². The quantitative estimate of drug-likeness (QED) is 0.385. The topological polar surface area (TPSA) is 80.7 Å². The van der Waals surface area contributed by atoms with E-state index in [9.17, 15) is 14.4 Å². The van der Waals surface area contributed by atoms with Gasteiger partial charge in [0.05, 0.1) is 0 Å². The van der Waals surface area contributed by atoms with Crippen LogP contribution in [-0.2, 0) is 19.1 Å². The molecular formula is C8H8O5. The van der Waals surface area contributed by atoms with Gasteiger partial charge in [-0.15, -0.1) is 0 Å². The summed E-state index contributed by atoms with van der Waals surface area (Å²) in [6.45, 7) is 4.32. The maximum atomic E-state index is 10.7. The van der Waals surface area contributed by atoms with Gasteiger partial charge in [0.2, 0.25) is 0 Å². The van der Waals surface area contributed by atoms with Crippen molar-refractivity contribution in [2.45, 2.75) is 6.92 Å². The van der Waals surface area contributed by atoms with Crippen LogP contribution in [0.15, 0.2) is 24.5 Å². The molecule has 0 atom stereocenters. The van der Waals surface area contributed by atoms with Crippen molar-refractivity contribution in [1.82, 2.24) is 0 Å². The third-order valence-corrected chi connectivity index (χ3v) is 0.978. The summed E-state index contributed by atoms with van der Waals surface area (Å²) in [7, 11) is 0. The van der Waals surface area contributed by atoms with Crippen molar-refractivity contribution in [2.75, 3.05) is 0 Å². The Morgan fingerprint density at radius 2 is 1.85 bits per heavy atom. The number of carboxylic acid groups (broad SMARTS) is 1. The number of allylic oxidation sites excluding steroid dienone is 1. The maximum Gasteiger partial charge on any atom is 0.336 e. The summed E-state index contributed by atoms with van der Waals surface area (Å²) in [6.07, 6.45) is 1.30. The molecular weight excluding hydrogens is 176 g/mol. The standard InChI is InChI=1S/C8H8O5/c1-5(9)6(2)13-8(12)4-3-7(10)11/h3-4H,2H2,1H3,(H,10,11)/b4-3-. The number of carbonyl (C=O) groups is 3. The minimum Gasteiger partial charge on any atom is -0.478 e. The molecule has 0 aliphatic rings. The Morgan fingerprint density at radius 3 is 2.23 bits per heavy atom. The zero-order valence-corrected chi connectivity index (χ0v) is 6.94. The van der Waals surface area contributed by atoms with E-state index in [1.54, 1.807) is 0 Å². The van der Waals surface area contributed by atoms with Gasteiger partial charge < -0.3 is 9.84 Å². The lowest BCUT2D eigenvalue weighted by atomic mass is 10.4. The first-order valence-corrected chi connectivity index (χ1v) is 3.26. The lowest BCUT2D eigenvalue weighted by Gasteiger charge is -1.98. The van der Waals surface area contributed by atoms with Crippen LogP contribution in [0.2, 0.25) is 0 Å². The Kier molecular flexibility index (Phi) is 4.15. The van der Waals surface area contributed by atoms with Gasteiger partial charge in [-0.25, -0.2) is 9.59 Å². The van der Waals surface area contributed by atoms with Gasteiger partial charge in [-0.2, -0.15) is 0 Å². The van der Waals surface area contributed by atoms with Crippen molar-refractivity contribution in [3.8, 4) is 0 Å². The number of ether oxygens (including phenoxy) is 1. The lowest BCUT2D eigenvalue weighted by Crippen LogP contribution is -2.06. The zero-order valence-electron chi connectivity index (χ0n) is 6.94. The van der Waals surface area contributed by atoms with Crippen LogP contribution in [0, 0.1) is 0 Å². The van der Waals surface area contributed by atoms with Gasteiger partial charge in [-0.1, -0.05) is 6.58 Å². The molecule has 70 valence electrons. The zero-order chi connectivity index (χ0) is 10.4. The maximum absolute atomic E-state index is 10.7. The second-order valence-corrected chi connectivity index (χ2v) is 2.07. The van der Waals surface area contributed by atoms with Crippen LogP contribution in [0.5, 0.6) is 0 Å². The normalized spacial score (nSPS) is 9.62. The number of ketones is 1. The van der Waals surface area contributed by atoms with E-state index >= 15 is 0 Å². The monoisotopic (exact) mass is 184 g/mol. The van der Waals surface area contributed by atoms with Crippen LogP contribution in [0.25, 0.3) is 0 Å². The summed E-state index contributed by atoms with van der Waals surface area (Å²) in [4.78, 5) is 31.1. The molecule has 0 aromatic heterocycles. The Balaban J connectivity index is 4.10. The molecule has 0 radical (unpaired) electrons. The fourth-order valence-electron chi connectivity index (χ4n) is 0.367. The second kappa shape index (κ2) is 4.87.